The molecule has 6 nitrogen and oxygen atoms in total. The van der Waals surface area contributed by atoms with Crippen LogP contribution in [0.1, 0.15) is 33.3 Å². The minimum absolute atomic E-state index is 0.136. The Morgan fingerprint density at radius 1 is 1.10 bits per heavy atom. The number of nitrogens with one attached hydrogen (secondary N) is 2. The molecule has 0 fully saturated rings. The molecule has 0 spiro atoms. The van der Waals surface area contributed by atoms with E-state index in [9.17, 15) is 9.59 Å². The summed E-state index contributed by atoms with van der Waals surface area (Å²) in [6.07, 6.45) is 0. The number of benzene rings is 2. The second kappa shape index (κ2) is 9.45. The largest absolute Gasteiger partial charge is 0.383 e. The Balaban J connectivity index is 1.94. The molecule has 2 aromatic carbocycles. The number of nitrogens with zero attached hydrogens (tertiary/aromatic N) is 1. The van der Waals surface area contributed by atoms with Crippen LogP contribution in [0.25, 0.3) is 11.1 Å². The zero-order chi connectivity index (χ0) is 20.8. The van der Waals surface area contributed by atoms with Gasteiger partial charge in [-0.15, -0.1) is 11.3 Å². The highest BCUT2D eigenvalue weighted by molar-refractivity contribution is 7.07. The van der Waals surface area contributed by atoms with E-state index < -0.39 is 0 Å². The minimum Gasteiger partial charge on any atom is -0.383 e. The average molecular weight is 410 g/mol. The van der Waals surface area contributed by atoms with E-state index in [2.05, 4.69) is 15.6 Å². The third-order valence-corrected chi connectivity index (χ3v) is 4.88. The van der Waals surface area contributed by atoms with Crippen LogP contribution in [0, 0.1) is 6.92 Å². The molecule has 0 radical (unpaired) electrons. The van der Waals surface area contributed by atoms with E-state index in [4.69, 9.17) is 4.74 Å². The Morgan fingerprint density at radius 2 is 1.86 bits per heavy atom. The normalized spacial score (nSPS) is 11.7. The molecule has 1 atom stereocenters. The van der Waals surface area contributed by atoms with E-state index in [1.807, 2.05) is 50.2 Å². The van der Waals surface area contributed by atoms with Crippen molar-refractivity contribution >= 4 is 28.8 Å². The number of hydrogen-bond donors (Lipinski definition) is 2. The first kappa shape index (κ1) is 20.7. The van der Waals surface area contributed by atoms with Crippen molar-refractivity contribution in [1.29, 1.82) is 0 Å². The Bertz CT molecular complexity index is 985. The molecular weight excluding hydrogens is 386 g/mol. The summed E-state index contributed by atoms with van der Waals surface area (Å²) >= 11 is 1.35. The molecule has 150 valence electrons. The van der Waals surface area contributed by atoms with Crippen molar-refractivity contribution in [2.24, 2.45) is 0 Å². The van der Waals surface area contributed by atoms with Crippen LogP contribution in [0.3, 0.4) is 0 Å². The highest BCUT2D eigenvalue weighted by atomic mass is 32.1. The molecule has 3 aromatic rings. The van der Waals surface area contributed by atoms with Gasteiger partial charge in [0.25, 0.3) is 11.8 Å². The average Bonchev–Trinajstić information content (AvgIpc) is 3.23. The van der Waals surface area contributed by atoms with Crippen LogP contribution in [0.2, 0.25) is 0 Å². The minimum atomic E-state index is -0.314. The third kappa shape index (κ3) is 5.49. The standard InChI is InChI=1S/C22H23N3O3S/c1-14-4-6-16(7-5-14)17-8-18(21(26)24-15(2)11-28-3)10-19(9-17)25-22(27)20-12-29-13-23-20/h4-10,12-13,15H,11H2,1-3H3,(H,24,26)(H,25,27). The first-order valence-electron chi connectivity index (χ1n) is 9.17. The van der Waals surface area contributed by atoms with Gasteiger partial charge in [-0.25, -0.2) is 4.98 Å². The molecule has 2 N–H and O–H groups in total. The number of carbonyl (C=O) groups excluding carboxylic acids is 2. The number of anilines is 1. The monoisotopic (exact) mass is 409 g/mol. The van der Waals surface area contributed by atoms with Crippen LogP contribution in [0.4, 0.5) is 5.69 Å². The molecule has 0 saturated heterocycles. The van der Waals surface area contributed by atoms with E-state index in [1.165, 1.54) is 11.3 Å². The van der Waals surface area contributed by atoms with Gasteiger partial charge in [0, 0.05) is 29.8 Å². The van der Waals surface area contributed by atoms with Gasteiger partial charge in [0.2, 0.25) is 0 Å². The fourth-order valence-corrected chi connectivity index (χ4v) is 3.39. The van der Waals surface area contributed by atoms with Gasteiger partial charge in [0.15, 0.2) is 0 Å². The molecule has 7 heteroatoms. The Hall–Kier alpha value is -3.03. The summed E-state index contributed by atoms with van der Waals surface area (Å²) in [5, 5.41) is 7.43. The van der Waals surface area contributed by atoms with Crippen molar-refractivity contribution in [3.63, 3.8) is 0 Å². The van der Waals surface area contributed by atoms with E-state index in [-0.39, 0.29) is 17.9 Å². The number of aromatic nitrogens is 1. The maximum atomic E-state index is 12.7. The van der Waals surface area contributed by atoms with Crippen molar-refractivity contribution in [1.82, 2.24) is 10.3 Å². The molecule has 1 unspecified atom stereocenters. The molecule has 0 saturated carbocycles. The van der Waals surface area contributed by atoms with Crippen molar-refractivity contribution in [3.8, 4) is 11.1 Å². The number of hydrogen-bond acceptors (Lipinski definition) is 5. The Labute approximate surface area is 173 Å². The molecule has 2 amide bonds. The topological polar surface area (TPSA) is 80.3 Å². The van der Waals surface area contributed by atoms with Gasteiger partial charge >= 0.3 is 0 Å². The summed E-state index contributed by atoms with van der Waals surface area (Å²) < 4.78 is 5.08. The lowest BCUT2D eigenvalue weighted by Crippen LogP contribution is -2.35. The summed E-state index contributed by atoms with van der Waals surface area (Å²) in [4.78, 5) is 29.2. The van der Waals surface area contributed by atoms with Crippen LogP contribution in [-0.4, -0.2) is 36.6 Å². The zero-order valence-corrected chi connectivity index (χ0v) is 17.4. The number of rotatable bonds is 7. The van der Waals surface area contributed by atoms with Crippen LogP contribution >= 0.6 is 11.3 Å². The van der Waals surface area contributed by atoms with Gasteiger partial charge in [0.1, 0.15) is 5.69 Å². The van der Waals surface area contributed by atoms with Gasteiger partial charge in [-0.3, -0.25) is 9.59 Å². The lowest BCUT2D eigenvalue weighted by Gasteiger charge is -2.15. The maximum absolute atomic E-state index is 12.7. The van der Waals surface area contributed by atoms with Crippen LogP contribution in [0.5, 0.6) is 0 Å². The van der Waals surface area contributed by atoms with Gasteiger partial charge in [-0.1, -0.05) is 29.8 Å². The van der Waals surface area contributed by atoms with Gasteiger partial charge < -0.3 is 15.4 Å². The first-order valence-corrected chi connectivity index (χ1v) is 10.1. The fraction of sp³-hybridized carbons (Fsp3) is 0.227. The summed E-state index contributed by atoms with van der Waals surface area (Å²) in [5.74, 6) is -0.543. The Kier molecular flexibility index (Phi) is 6.74. The number of carbonyl (C=O) groups is 2. The summed E-state index contributed by atoms with van der Waals surface area (Å²) in [5.41, 5.74) is 5.88. The van der Waals surface area contributed by atoms with Crippen LogP contribution in [0.15, 0.2) is 53.4 Å². The molecular formula is C22H23N3O3S. The maximum Gasteiger partial charge on any atom is 0.275 e. The third-order valence-electron chi connectivity index (χ3n) is 4.30. The number of thiazole rings is 1. The molecule has 1 heterocycles. The lowest BCUT2D eigenvalue weighted by atomic mass is 10.0. The second-order valence-corrected chi connectivity index (χ2v) is 7.54. The molecule has 3 rings (SSSR count). The molecule has 0 aliphatic rings. The second-order valence-electron chi connectivity index (χ2n) is 6.82. The van der Waals surface area contributed by atoms with E-state index in [0.29, 0.717) is 23.6 Å². The van der Waals surface area contributed by atoms with Crippen molar-refractivity contribution in [3.05, 3.63) is 70.2 Å². The van der Waals surface area contributed by atoms with E-state index in [0.717, 1.165) is 16.7 Å². The predicted molar refractivity (Wildman–Crippen MR) is 115 cm³/mol. The quantitative estimate of drug-likeness (QED) is 0.615. The van der Waals surface area contributed by atoms with Crippen molar-refractivity contribution < 1.29 is 14.3 Å². The van der Waals surface area contributed by atoms with Gasteiger partial charge in [-0.2, -0.15) is 0 Å². The van der Waals surface area contributed by atoms with Gasteiger partial charge in [-0.05, 0) is 43.2 Å². The molecule has 0 aliphatic carbocycles. The molecule has 1 aromatic heterocycles. The van der Waals surface area contributed by atoms with E-state index in [1.54, 1.807) is 24.1 Å². The predicted octanol–water partition coefficient (Wildman–Crippen LogP) is 4.14. The number of aryl methyl sites for hydroxylation is 1. The summed E-state index contributed by atoms with van der Waals surface area (Å²) in [6, 6.07) is 13.2. The lowest BCUT2D eigenvalue weighted by molar-refractivity contribution is 0.0905. The van der Waals surface area contributed by atoms with Gasteiger partial charge in [0.05, 0.1) is 12.1 Å². The first-order chi connectivity index (χ1) is 14.0. The zero-order valence-electron chi connectivity index (χ0n) is 16.6. The summed E-state index contributed by atoms with van der Waals surface area (Å²) in [7, 11) is 1.59. The molecule has 0 bridgehead atoms. The smallest absolute Gasteiger partial charge is 0.275 e. The van der Waals surface area contributed by atoms with Crippen molar-refractivity contribution in [2.45, 2.75) is 19.9 Å². The fourth-order valence-electron chi connectivity index (χ4n) is 2.86. The summed E-state index contributed by atoms with van der Waals surface area (Å²) in [6.45, 7) is 4.30. The van der Waals surface area contributed by atoms with E-state index >= 15 is 0 Å². The molecule has 29 heavy (non-hydrogen) atoms. The van der Waals surface area contributed by atoms with Crippen LogP contribution < -0.4 is 10.6 Å². The highest BCUT2D eigenvalue weighted by Gasteiger charge is 2.15. The SMILES string of the molecule is COCC(C)NC(=O)c1cc(NC(=O)c2cscn2)cc(-c2ccc(C)cc2)c1. The van der Waals surface area contributed by atoms with Crippen LogP contribution in [-0.2, 0) is 4.74 Å². The Morgan fingerprint density at radius 3 is 2.52 bits per heavy atom. The number of amides is 2. The molecule has 0 aliphatic heterocycles. The highest BCUT2D eigenvalue weighted by Crippen LogP contribution is 2.26. The number of methoxy groups -OCH3 is 1. The van der Waals surface area contributed by atoms with Crippen molar-refractivity contribution in [2.75, 3.05) is 19.0 Å². The number of ether oxygens (including phenoxy) is 1.